The molecule has 0 unspecified atom stereocenters. The first-order chi connectivity index (χ1) is 9.42. The Morgan fingerprint density at radius 2 is 2.00 bits per heavy atom. The number of para-hydroxylation sites is 1. The molecule has 0 radical (unpaired) electrons. The van der Waals surface area contributed by atoms with Crippen LogP contribution in [0, 0.1) is 11.3 Å². The molecule has 1 aromatic carbocycles. The lowest BCUT2D eigenvalue weighted by molar-refractivity contribution is -0.121. The van der Waals surface area contributed by atoms with E-state index < -0.39 is 0 Å². The van der Waals surface area contributed by atoms with E-state index in [-0.39, 0.29) is 18.1 Å². The zero-order valence-electron chi connectivity index (χ0n) is 12.1. The molecule has 0 atom stereocenters. The second kappa shape index (κ2) is 7.63. The molecule has 1 rings (SSSR count). The third kappa shape index (κ3) is 6.32. The molecule has 20 heavy (non-hydrogen) atoms. The summed E-state index contributed by atoms with van der Waals surface area (Å²) in [5.41, 5.74) is 0.712. The van der Waals surface area contributed by atoms with Crippen molar-refractivity contribution in [3.05, 3.63) is 29.8 Å². The monoisotopic (exact) mass is 276 g/mol. The number of amides is 1. The minimum absolute atomic E-state index is 0.0622. The standard InChI is InChI=1S/C15H20N2O3/c1-15(2,3)20-9-8-19-11-14(18)17-13-7-5-4-6-12(13)10-16/h4-7H,8-9,11H2,1-3H3,(H,17,18). The molecular weight excluding hydrogens is 256 g/mol. The fourth-order valence-electron chi connectivity index (χ4n) is 1.45. The van der Waals surface area contributed by atoms with Crippen molar-refractivity contribution < 1.29 is 14.3 Å². The first kappa shape index (κ1) is 16.2. The molecule has 0 aliphatic carbocycles. The van der Waals surface area contributed by atoms with Crippen molar-refractivity contribution in [2.24, 2.45) is 0 Å². The Morgan fingerprint density at radius 1 is 1.30 bits per heavy atom. The summed E-state index contributed by atoms with van der Waals surface area (Å²) in [5, 5.41) is 11.5. The van der Waals surface area contributed by atoms with E-state index in [1.807, 2.05) is 26.8 Å². The van der Waals surface area contributed by atoms with Gasteiger partial charge < -0.3 is 14.8 Å². The molecule has 0 aliphatic heterocycles. The van der Waals surface area contributed by atoms with Gasteiger partial charge in [0.2, 0.25) is 5.91 Å². The lowest BCUT2D eigenvalue weighted by Crippen LogP contribution is -2.24. The van der Waals surface area contributed by atoms with Gasteiger partial charge in [-0.1, -0.05) is 12.1 Å². The average molecular weight is 276 g/mol. The zero-order valence-corrected chi connectivity index (χ0v) is 12.1. The van der Waals surface area contributed by atoms with Gasteiger partial charge in [0.1, 0.15) is 12.7 Å². The van der Waals surface area contributed by atoms with Crippen LogP contribution in [0.2, 0.25) is 0 Å². The van der Waals surface area contributed by atoms with E-state index in [1.165, 1.54) is 0 Å². The van der Waals surface area contributed by atoms with E-state index in [2.05, 4.69) is 5.32 Å². The van der Waals surface area contributed by atoms with Crippen LogP contribution < -0.4 is 5.32 Å². The largest absolute Gasteiger partial charge is 0.373 e. The summed E-state index contributed by atoms with van der Waals surface area (Å²) < 4.78 is 10.7. The van der Waals surface area contributed by atoms with Crippen molar-refractivity contribution >= 4 is 11.6 Å². The van der Waals surface area contributed by atoms with Crippen LogP contribution in [0.3, 0.4) is 0 Å². The van der Waals surface area contributed by atoms with Gasteiger partial charge in [0.25, 0.3) is 0 Å². The van der Waals surface area contributed by atoms with Crippen LogP contribution in [0.4, 0.5) is 5.69 Å². The molecule has 0 bridgehead atoms. The number of rotatable bonds is 6. The first-order valence-electron chi connectivity index (χ1n) is 6.43. The Labute approximate surface area is 119 Å². The van der Waals surface area contributed by atoms with Crippen molar-refractivity contribution in [3.63, 3.8) is 0 Å². The van der Waals surface area contributed by atoms with Crippen LogP contribution in [0.15, 0.2) is 24.3 Å². The Hall–Kier alpha value is -1.90. The maximum atomic E-state index is 11.7. The number of anilines is 1. The van der Waals surface area contributed by atoms with E-state index in [9.17, 15) is 4.79 Å². The highest BCUT2D eigenvalue weighted by Gasteiger charge is 2.10. The quantitative estimate of drug-likeness (QED) is 0.809. The highest BCUT2D eigenvalue weighted by Crippen LogP contribution is 2.13. The molecule has 0 aliphatic rings. The highest BCUT2D eigenvalue weighted by molar-refractivity contribution is 5.92. The summed E-state index contributed by atoms with van der Waals surface area (Å²) in [6, 6.07) is 8.85. The van der Waals surface area contributed by atoms with Gasteiger partial charge in [0, 0.05) is 0 Å². The highest BCUT2D eigenvalue weighted by atomic mass is 16.5. The fraction of sp³-hybridized carbons (Fsp3) is 0.467. The van der Waals surface area contributed by atoms with Gasteiger partial charge in [-0.15, -0.1) is 0 Å². The molecule has 0 heterocycles. The van der Waals surface area contributed by atoms with Crippen LogP contribution in [0.5, 0.6) is 0 Å². The van der Waals surface area contributed by atoms with Crippen molar-refractivity contribution in [1.82, 2.24) is 0 Å². The third-order valence-electron chi connectivity index (χ3n) is 2.32. The number of nitriles is 1. The number of benzene rings is 1. The van der Waals surface area contributed by atoms with E-state index in [4.69, 9.17) is 14.7 Å². The molecule has 1 N–H and O–H groups in total. The maximum Gasteiger partial charge on any atom is 0.250 e. The van der Waals surface area contributed by atoms with Crippen molar-refractivity contribution in [2.75, 3.05) is 25.1 Å². The molecular formula is C15H20N2O3. The number of carbonyl (C=O) groups excluding carboxylic acids is 1. The van der Waals surface area contributed by atoms with Gasteiger partial charge in [-0.05, 0) is 32.9 Å². The van der Waals surface area contributed by atoms with Crippen LogP contribution in [-0.4, -0.2) is 31.3 Å². The SMILES string of the molecule is CC(C)(C)OCCOCC(=O)Nc1ccccc1C#N. The van der Waals surface area contributed by atoms with E-state index in [0.29, 0.717) is 24.5 Å². The Balaban J connectivity index is 2.29. The lowest BCUT2D eigenvalue weighted by atomic mass is 10.2. The van der Waals surface area contributed by atoms with E-state index in [0.717, 1.165) is 0 Å². The Morgan fingerprint density at radius 3 is 2.65 bits per heavy atom. The number of ether oxygens (including phenoxy) is 2. The van der Waals surface area contributed by atoms with Crippen LogP contribution in [0.25, 0.3) is 0 Å². The summed E-state index contributed by atoms with van der Waals surface area (Å²) >= 11 is 0. The molecule has 5 nitrogen and oxygen atoms in total. The van der Waals surface area contributed by atoms with Gasteiger partial charge in [-0.2, -0.15) is 5.26 Å². The lowest BCUT2D eigenvalue weighted by Gasteiger charge is -2.19. The van der Waals surface area contributed by atoms with Gasteiger partial charge in [0.05, 0.1) is 30.1 Å². The predicted molar refractivity (Wildman–Crippen MR) is 76.3 cm³/mol. The molecule has 1 amide bonds. The summed E-state index contributed by atoms with van der Waals surface area (Å²) in [7, 11) is 0. The smallest absolute Gasteiger partial charge is 0.250 e. The number of nitrogens with one attached hydrogen (secondary N) is 1. The fourth-order valence-corrected chi connectivity index (χ4v) is 1.45. The van der Waals surface area contributed by atoms with Crippen LogP contribution in [-0.2, 0) is 14.3 Å². The molecule has 108 valence electrons. The summed E-state index contributed by atoms with van der Waals surface area (Å²) in [6.07, 6.45) is 0. The molecule has 0 saturated heterocycles. The summed E-state index contributed by atoms with van der Waals surface area (Å²) in [6.45, 7) is 6.60. The number of carbonyl (C=O) groups is 1. The van der Waals surface area contributed by atoms with E-state index >= 15 is 0 Å². The van der Waals surface area contributed by atoms with Gasteiger partial charge >= 0.3 is 0 Å². The summed E-state index contributed by atoms with van der Waals surface area (Å²) in [4.78, 5) is 11.7. The Bertz CT molecular complexity index is 487. The Kier molecular flexibility index (Phi) is 6.16. The third-order valence-corrected chi connectivity index (χ3v) is 2.32. The average Bonchev–Trinajstić information content (AvgIpc) is 2.37. The van der Waals surface area contributed by atoms with Gasteiger partial charge in [-0.3, -0.25) is 4.79 Å². The maximum absolute atomic E-state index is 11.7. The molecule has 0 aromatic heterocycles. The zero-order chi connectivity index (χ0) is 15.0. The van der Waals surface area contributed by atoms with Crippen molar-refractivity contribution in [1.29, 1.82) is 5.26 Å². The number of nitrogens with zero attached hydrogens (tertiary/aromatic N) is 1. The van der Waals surface area contributed by atoms with Crippen molar-refractivity contribution in [3.8, 4) is 6.07 Å². The second-order valence-corrected chi connectivity index (χ2v) is 5.22. The molecule has 0 spiro atoms. The topological polar surface area (TPSA) is 71.3 Å². The molecule has 1 aromatic rings. The minimum atomic E-state index is -0.288. The molecule has 5 heteroatoms. The summed E-state index contributed by atoms with van der Waals surface area (Å²) in [5.74, 6) is -0.288. The van der Waals surface area contributed by atoms with Crippen LogP contribution in [0.1, 0.15) is 26.3 Å². The predicted octanol–water partition coefficient (Wildman–Crippen LogP) is 2.33. The second-order valence-electron chi connectivity index (χ2n) is 5.22. The molecule has 0 saturated carbocycles. The minimum Gasteiger partial charge on any atom is -0.373 e. The number of hydrogen-bond donors (Lipinski definition) is 1. The number of hydrogen-bond acceptors (Lipinski definition) is 4. The van der Waals surface area contributed by atoms with Gasteiger partial charge in [0.15, 0.2) is 0 Å². The van der Waals surface area contributed by atoms with Crippen molar-refractivity contribution in [2.45, 2.75) is 26.4 Å². The van der Waals surface area contributed by atoms with E-state index in [1.54, 1.807) is 24.3 Å². The van der Waals surface area contributed by atoms with Gasteiger partial charge in [-0.25, -0.2) is 0 Å². The molecule has 0 fully saturated rings. The van der Waals surface area contributed by atoms with Crippen LogP contribution >= 0.6 is 0 Å². The first-order valence-corrected chi connectivity index (χ1v) is 6.43. The normalized spacial score (nSPS) is 10.9.